The van der Waals surface area contributed by atoms with Gasteiger partial charge in [-0.25, -0.2) is 0 Å². The first kappa shape index (κ1) is 6.87. The van der Waals surface area contributed by atoms with E-state index in [0.717, 1.165) is 6.42 Å². The maximum absolute atomic E-state index is 8.22. The van der Waals surface area contributed by atoms with Crippen molar-refractivity contribution < 1.29 is 5.11 Å². The van der Waals surface area contributed by atoms with Crippen molar-refractivity contribution in [3.8, 4) is 0 Å². The highest BCUT2D eigenvalue weighted by molar-refractivity contribution is 5.16. The van der Waals surface area contributed by atoms with E-state index in [4.69, 9.17) is 5.11 Å². The fraction of sp³-hybridized carbons (Fsp3) is 0.111. The van der Waals surface area contributed by atoms with E-state index in [1.165, 1.54) is 5.56 Å². The zero-order valence-corrected chi connectivity index (χ0v) is 5.62. The van der Waals surface area contributed by atoms with Crippen molar-refractivity contribution >= 4 is 0 Å². The Morgan fingerprint density at radius 2 is 2.00 bits per heavy atom. The molecule has 0 aromatic heterocycles. The quantitative estimate of drug-likeness (QED) is 0.612. The first-order valence-electron chi connectivity index (χ1n) is 3.18. The zero-order chi connectivity index (χ0) is 7.23. The molecule has 1 heteroatoms. The third-order valence-corrected chi connectivity index (χ3v) is 1.27. The summed E-state index contributed by atoms with van der Waals surface area (Å²) in [6, 6.07) is 9.93. The molecule has 0 aliphatic rings. The van der Waals surface area contributed by atoms with E-state index in [2.05, 4.69) is 0 Å². The standard InChI is InChI=1S/C9H9O/c10-8-4-7-9-5-2-1-3-6-9/h1-6,10H,7H2. The van der Waals surface area contributed by atoms with E-state index >= 15 is 0 Å². The number of aliphatic hydroxyl groups is 1. The molecule has 1 nitrogen and oxygen atoms in total. The van der Waals surface area contributed by atoms with Crippen LogP contribution < -0.4 is 0 Å². The number of hydrogen-bond donors (Lipinski definition) is 1. The molecule has 0 aliphatic carbocycles. The Kier molecular flexibility index (Phi) is 2.56. The summed E-state index contributed by atoms with van der Waals surface area (Å²) in [7, 11) is 0. The second kappa shape index (κ2) is 3.72. The summed E-state index contributed by atoms with van der Waals surface area (Å²) < 4.78 is 0. The van der Waals surface area contributed by atoms with Crippen LogP contribution in [0.15, 0.2) is 36.4 Å². The lowest BCUT2D eigenvalue weighted by atomic mass is 10.2. The Morgan fingerprint density at radius 1 is 1.30 bits per heavy atom. The second-order valence-corrected chi connectivity index (χ2v) is 2.02. The van der Waals surface area contributed by atoms with Crippen molar-refractivity contribution in [2.75, 3.05) is 0 Å². The monoisotopic (exact) mass is 133 g/mol. The number of rotatable bonds is 2. The van der Waals surface area contributed by atoms with E-state index in [1.807, 2.05) is 36.6 Å². The molecule has 0 heterocycles. The molecule has 0 fully saturated rings. The first-order chi connectivity index (χ1) is 4.93. The van der Waals surface area contributed by atoms with E-state index < -0.39 is 0 Å². The summed E-state index contributed by atoms with van der Waals surface area (Å²) in [5.74, 6) is 0. The van der Waals surface area contributed by atoms with Gasteiger partial charge in [-0.3, -0.25) is 0 Å². The van der Waals surface area contributed by atoms with Gasteiger partial charge in [0.05, 0.1) is 0 Å². The lowest BCUT2D eigenvalue weighted by Gasteiger charge is -1.91. The molecule has 0 bridgehead atoms. The van der Waals surface area contributed by atoms with Gasteiger partial charge < -0.3 is 5.11 Å². The predicted molar refractivity (Wildman–Crippen MR) is 40.6 cm³/mol. The highest BCUT2D eigenvalue weighted by atomic mass is 16.2. The van der Waals surface area contributed by atoms with E-state index in [1.54, 1.807) is 6.08 Å². The topological polar surface area (TPSA) is 20.2 Å². The van der Waals surface area contributed by atoms with Crippen LogP contribution in [0.25, 0.3) is 0 Å². The molecule has 1 aromatic carbocycles. The van der Waals surface area contributed by atoms with Crippen LogP contribution in [0.5, 0.6) is 0 Å². The molecule has 1 rings (SSSR count). The number of aliphatic hydroxyl groups excluding tert-OH is 1. The van der Waals surface area contributed by atoms with Crippen LogP contribution in [0.4, 0.5) is 0 Å². The first-order valence-corrected chi connectivity index (χ1v) is 3.18. The number of benzene rings is 1. The molecule has 0 aliphatic heterocycles. The maximum atomic E-state index is 8.22. The second-order valence-electron chi connectivity index (χ2n) is 2.02. The summed E-state index contributed by atoms with van der Waals surface area (Å²) >= 11 is 0. The molecule has 0 saturated heterocycles. The van der Waals surface area contributed by atoms with Crippen LogP contribution in [0, 0.1) is 6.26 Å². The van der Waals surface area contributed by atoms with Crippen LogP contribution in [-0.4, -0.2) is 5.11 Å². The maximum Gasteiger partial charge on any atom is 0.153 e. The molecule has 0 saturated carbocycles. The molecule has 51 valence electrons. The van der Waals surface area contributed by atoms with Crippen LogP contribution in [-0.2, 0) is 6.42 Å². The molecule has 0 atom stereocenters. The minimum absolute atomic E-state index is 0.747. The van der Waals surface area contributed by atoms with Crippen LogP contribution in [0.3, 0.4) is 0 Å². The van der Waals surface area contributed by atoms with Gasteiger partial charge in [0.15, 0.2) is 6.26 Å². The smallest absolute Gasteiger partial charge is 0.153 e. The third-order valence-electron chi connectivity index (χ3n) is 1.27. The van der Waals surface area contributed by atoms with Crippen LogP contribution in [0.2, 0.25) is 0 Å². The Labute approximate surface area is 60.6 Å². The van der Waals surface area contributed by atoms with Gasteiger partial charge in [0.25, 0.3) is 0 Å². The highest BCUT2D eigenvalue weighted by Crippen LogP contribution is 1.98. The predicted octanol–water partition coefficient (Wildman–Crippen LogP) is 2.10. The fourth-order valence-corrected chi connectivity index (χ4v) is 0.778. The van der Waals surface area contributed by atoms with Gasteiger partial charge in [-0.2, -0.15) is 0 Å². The third kappa shape index (κ3) is 1.94. The lowest BCUT2D eigenvalue weighted by Crippen LogP contribution is -1.77. The van der Waals surface area contributed by atoms with Gasteiger partial charge in [-0.15, -0.1) is 0 Å². The van der Waals surface area contributed by atoms with Gasteiger partial charge in [0.2, 0.25) is 0 Å². The Bertz CT molecular complexity index is 201. The molecule has 0 spiro atoms. The van der Waals surface area contributed by atoms with Crippen molar-refractivity contribution in [1.29, 1.82) is 0 Å². The number of allylic oxidation sites excluding steroid dienone is 1. The van der Waals surface area contributed by atoms with Gasteiger partial charge in [0.1, 0.15) is 0 Å². The molecular weight excluding hydrogens is 124 g/mol. The minimum Gasteiger partial charge on any atom is -0.504 e. The van der Waals surface area contributed by atoms with Crippen molar-refractivity contribution in [2.45, 2.75) is 6.42 Å². The van der Waals surface area contributed by atoms with E-state index in [0.29, 0.717) is 0 Å². The summed E-state index contributed by atoms with van der Waals surface area (Å²) in [5, 5.41) is 8.22. The lowest BCUT2D eigenvalue weighted by molar-refractivity contribution is 0.440. The number of hydrogen-bond acceptors (Lipinski definition) is 1. The van der Waals surface area contributed by atoms with Gasteiger partial charge in [0, 0.05) is 0 Å². The van der Waals surface area contributed by atoms with E-state index in [-0.39, 0.29) is 0 Å². The Morgan fingerprint density at radius 3 is 2.60 bits per heavy atom. The largest absolute Gasteiger partial charge is 0.504 e. The van der Waals surface area contributed by atoms with Crippen molar-refractivity contribution in [3.63, 3.8) is 0 Å². The molecule has 10 heavy (non-hydrogen) atoms. The fourth-order valence-electron chi connectivity index (χ4n) is 0.778. The van der Waals surface area contributed by atoms with Gasteiger partial charge in [-0.1, -0.05) is 30.3 Å². The Balaban J connectivity index is 2.59. The van der Waals surface area contributed by atoms with Crippen molar-refractivity contribution in [2.24, 2.45) is 0 Å². The zero-order valence-electron chi connectivity index (χ0n) is 5.62. The van der Waals surface area contributed by atoms with Crippen molar-refractivity contribution in [1.82, 2.24) is 0 Å². The Hall–Kier alpha value is -1.24. The van der Waals surface area contributed by atoms with Crippen LogP contribution in [0.1, 0.15) is 5.56 Å². The molecule has 1 radical (unpaired) electrons. The average Bonchev–Trinajstić information content (AvgIpc) is 2.03. The molecular formula is C9H9O. The minimum atomic E-state index is 0.747. The molecule has 1 N–H and O–H groups in total. The summed E-state index contributed by atoms with van der Waals surface area (Å²) in [5.41, 5.74) is 1.18. The highest BCUT2D eigenvalue weighted by Gasteiger charge is 1.83. The van der Waals surface area contributed by atoms with Gasteiger partial charge in [-0.05, 0) is 18.1 Å². The molecule has 0 unspecified atom stereocenters. The normalized spacial score (nSPS) is 10.4. The van der Waals surface area contributed by atoms with Gasteiger partial charge >= 0.3 is 0 Å². The summed E-state index contributed by atoms with van der Waals surface area (Å²) in [6.45, 7) is 0. The van der Waals surface area contributed by atoms with E-state index in [9.17, 15) is 0 Å². The molecule has 1 aromatic rings. The summed E-state index contributed by atoms with van der Waals surface area (Å²) in [4.78, 5) is 0. The summed E-state index contributed by atoms with van der Waals surface area (Å²) in [6.07, 6.45) is 4.33. The molecule has 0 amide bonds. The van der Waals surface area contributed by atoms with Crippen LogP contribution >= 0.6 is 0 Å². The average molecular weight is 133 g/mol. The SMILES string of the molecule is O[C]=CCc1ccccc1. The van der Waals surface area contributed by atoms with Crippen molar-refractivity contribution in [3.05, 3.63) is 48.2 Å².